The number of ether oxygens (including phenoxy) is 2. The summed E-state index contributed by atoms with van der Waals surface area (Å²) in [5, 5.41) is 12.7. The number of rotatable bonds is 8. The van der Waals surface area contributed by atoms with Crippen LogP contribution in [0.5, 0.6) is 5.88 Å². The lowest BCUT2D eigenvalue weighted by Gasteiger charge is -2.11. The lowest BCUT2D eigenvalue weighted by Crippen LogP contribution is -2.29. The topological polar surface area (TPSA) is 80.7 Å². The largest absolute Gasteiger partial charge is 0.481 e. The summed E-state index contributed by atoms with van der Waals surface area (Å²) in [4.78, 5) is 15.2. The van der Waals surface area contributed by atoms with Crippen LogP contribution in [0.15, 0.2) is 18.3 Å². The van der Waals surface area contributed by atoms with Crippen LogP contribution in [-0.2, 0) is 16.1 Å². The van der Waals surface area contributed by atoms with Gasteiger partial charge in [-0.05, 0) is 12.5 Å². The van der Waals surface area contributed by atoms with Crippen molar-refractivity contribution >= 4 is 5.97 Å². The summed E-state index contributed by atoms with van der Waals surface area (Å²) in [6, 6.07) is 3.66. The third-order valence-electron chi connectivity index (χ3n) is 2.42. The van der Waals surface area contributed by atoms with E-state index in [0.717, 1.165) is 5.56 Å². The molecular weight excluding hydrogens is 248 g/mol. The molecule has 6 nitrogen and oxygen atoms in total. The second-order valence-electron chi connectivity index (χ2n) is 4.00. The molecule has 6 heteroatoms. The smallest absolute Gasteiger partial charge is 0.308 e. The van der Waals surface area contributed by atoms with Gasteiger partial charge in [0, 0.05) is 25.4 Å². The second kappa shape index (κ2) is 8.44. The number of aliphatic hydroxyl groups is 1. The average Bonchev–Trinajstić information content (AvgIpc) is 2.39. The summed E-state index contributed by atoms with van der Waals surface area (Å²) >= 11 is 0. The zero-order valence-electron chi connectivity index (χ0n) is 11.3. The van der Waals surface area contributed by atoms with Gasteiger partial charge in [-0.15, -0.1) is 0 Å². The fourth-order valence-corrected chi connectivity index (χ4v) is 1.50. The molecule has 0 spiro atoms. The number of aromatic nitrogens is 1. The minimum absolute atomic E-state index is 0.00169. The Morgan fingerprint density at radius 3 is 2.89 bits per heavy atom. The lowest BCUT2D eigenvalue weighted by atomic mass is 10.2. The Labute approximate surface area is 112 Å². The van der Waals surface area contributed by atoms with E-state index in [2.05, 4.69) is 10.3 Å². The molecule has 0 bridgehead atoms. The molecule has 1 aromatic rings. The van der Waals surface area contributed by atoms with E-state index in [4.69, 9.17) is 9.47 Å². The van der Waals surface area contributed by atoms with Crippen LogP contribution in [0.2, 0.25) is 0 Å². The molecule has 0 aliphatic carbocycles. The molecule has 0 aliphatic heterocycles. The number of carbonyl (C=O) groups excluding carboxylic acids is 1. The molecule has 19 heavy (non-hydrogen) atoms. The van der Waals surface area contributed by atoms with Crippen LogP contribution in [0.4, 0.5) is 0 Å². The molecular formula is C13H20N2O4. The molecule has 1 atom stereocenters. The van der Waals surface area contributed by atoms with Crippen LogP contribution in [-0.4, -0.2) is 42.4 Å². The maximum atomic E-state index is 11.1. The number of esters is 1. The normalized spacial score (nSPS) is 11.9. The van der Waals surface area contributed by atoms with Crippen molar-refractivity contribution in [2.24, 2.45) is 0 Å². The Balaban J connectivity index is 2.23. The van der Waals surface area contributed by atoms with Crippen molar-refractivity contribution < 1.29 is 19.4 Å². The van der Waals surface area contributed by atoms with E-state index < -0.39 is 6.10 Å². The van der Waals surface area contributed by atoms with Crippen molar-refractivity contribution in [1.29, 1.82) is 0 Å². The first kappa shape index (κ1) is 15.4. The fourth-order valence-electron chi connectivity index (χ4n) is 1.50. The second-order valence-corrected chi connectivity index (χ2v) is 4.00. The molecule has 0 amide bonds. The summed E-state index contributed by atoms with van der Waals surface area (Å²) in [6.45, 7) is 2.96. The van der Waals surface area contributed by atoms with Gasteiger partial charge in [-0.2, -0.15) is 0 Å². The Morgan fingerprint density at radius 2 is 2.32 bits per heavy atom. The predicted octanol–water partition coefficient (Wildman–Crippen LogP) is 0.494. The van der Waals surface area contributed by atoms with Crippen molar-refractivity contribution in [3.8, 4) is 5.88 Å². The zero-order valence-corrected chi connectivity index (χ0v) is 11.3. The van der Waals surface area contributed by atoms with Gasteiger partial charge < -0.3 is 19.9 Å². The van der Waals surface area contributed by atoms with E-state index in [1.807, 2.05) is 6.07 Å². The van der Waals surface area contributed by atoms with Crippen molar-refractivity contribution in [3.63, 3.8) is 0 Å². The predicted molar refractivity (Wildman–Crippen MR) is 69.8 cm³/mol. The van der Waals surface area contributed by atoms with E-state index >= 15 is 0 Å². The Hall–Kier alpha value is -1.66. The molecule has 1 heterocycles. The minimum Gasteiger partial charge on any atom is -0.481 e. The first-order chi connectivity index (χ1) is 9.15. The molecule has 0 saturated carbocycles. The number of carbonyl (C=O) groups is 1. The van der Waals surface area contributed by atoms with E-state index in [0.29, 0.717) is 25.6 Å². The average molecular weight is 268 g/mol. The van der Waals surface area contributed by atoms with E-state index in [1.165, 1.54) is 0 Å². The van der Waals surface area contributed by atoms with Gasteiger partial charge in [0.1, 0.15) is 0 Å². The summed E-state index contributed by atoms with van der Waals surface area (Å²) in [5.41, 5.74) is 0.976. The third-order valence-corrected chi connectivity index (χ3v) is 2.42. The maximum Gasteiger partial charge on any atom is 0.308 e. The maximum absolute atomic E-state index is 11.1. The van der Waals surface area contributed by atoms with Gasteiger partial charge in [0.25, 0.3) is 0 Å². The van der Waals surface area contributed by atoms with E-state index in [-0.39, 0.29) is 12.4 Å². The van der Waals surface area contributed by atoms with Gasteiger partial charge in [0.05, 0.1) is 26.2 Å². The van der Waals surface area contributed by atoms with Gasteiger partial charge in [-0.1, -0.05) is 6.07 Å². The van der Waals surface area contributed by atoms with Gasteiger partial charge >= 0.3 is 5.97 Å². The Kier molecular flexibility index (Phi) is 6.84. The highest BCUT2D eigenvalue weighted by atomic mass is 16.5. The molecule has 0 radical (unpaired) electrons. The highest BCUT2D eigenvalue weighted by Gasteiger charge is 2.10. The first-order valence-electron chi connectivity index (χ1n) is 6.19. The van der Waals surface area contributed by atoms with Crippen molar-refractivity contribution in [2.45, 2.75) is 26.0 Å². The molecule has 1 aromatic heterocycles. The summed E-state index contributed by atoms with van der Waals surface area (Å²) < 4.78 is 9.71. The summed E-state index contributed by atoms with van der Waals surface area (Å²) in [6.07, 6.45) is 0.955. The molecule has 0 saturated heterocycles. The first-order valence-corrected chi connectivity index (χ1v) is 6.19. The molecule has 0 aliphatic rings. The number of methoxy groups -OCH3 is 1. The molecule has 106 valence electrons. The molecule has 1 rings (SSSR count). The van der Waals surface area contributed by atoms with E-state index in [1.54, 1.807) is 26.3 Å². The lowest BCUT2D eigenvalue weighted by molar-refractivity contribution is -0.145. The summed E-state index contributed by atoms with van der Waals surface area (Å²) in [5.74, 6) is 0.175. The Bertz CT molecular complexity index is 381. The number of hydrogen-bond donors (Lipinski definition) is 2. The number of hydrogen-bond acceptors (Lipinski definition) is 6. The van der Waals surface area contributed by atoms with Crippen LogP contribution >= 0.6 is 0 Å². The fraction of sp³-hybridized carbons (Fsp3) is 0.538. The van der Waals surface area contributed by atoms with Crippen molar-refractivity contribution in [1.82, 2.24) is 10.3 Å². The Morgan fingerprint density at radius 1 is 1.53 bits per heavy atom. The summed E-state index contributed by atoms with van der Waals surface area (Å²) in [7, 11) is 1.56. The number of nitrogens with one attached hydrogen (secondary N) is 1. The molecule has 0 fully saturated rings. The van der Waals surface area contributed by atoms with E-state index in [9.17, 15) is 9.90 Å². The SMILES string of the molecule is CCOC(=O)CC(O)CNCc1ccc(OC)nc1. The van der Waals surface area contributed by atoms with Gasteiger partial charge in [0.15, 0.2) is 0 Å². The van der Waals surface area contributed by atoms with Crippen LogP contribution < -0.4 is 10.1 Å². The minimum atomic E-state index is -0.745. The van der Waals surface area contributed by atoms with Crippen molar-refractivity contribution in [2.75, 3.05) is 20.3 Å². The van der Waals surface area contributed by atoms with Crippen LogP contribution in [0, 0.1) is 0 Å². The molecule has 2 N–H and O–H groups in total. The molecule has 1 unspecified atom stereocenters. The van der Waals surface area contributed by atoms with Crippen molar-refractivity contribution in [3.05, 3.63) is 23.9 Å². The van der Waals surface area contributed by atoms with Gasteiger partial charge in [-0.3, -0.25) is 4.79 Å². The van der Waals surface area contributed by atoms with Crippen LogP contribution in [0.3, 0.4) is 0 Å². The van der Waals surface area contributed by atoms with Crippen LogP contribution in [0.1, 0.15) is 18.9 Å². The number of aliphatic hydroxyl groups excluding tert-OH is 1. The highest BCUT2D eigenvalue weighted by Crippen LogP contribution is 2.06. The number of pyridine rings is 1. The standard InChI is InChI=1S/C13H20N2O4/c1-3-19-13(17)6-11(16)9-14-7-10-4-5-12(18-2)15-8-10/h4-5,8,11,14,16H,3,6-7,9H2,1-2H3. The van der Waals surface area contributed by atoms with Gasteiger partial charge in [0.2, 0.25) is 5.88 Å². The van der Waals surface area contributed by atoms with Gasteiger partial charge in [-0.25, -0.2) is 4.98 Å². The third kappa shape index (κ3) is 6.17. The highest BCUT2D eigenvalue weighted by molar-refractivity contribution is 5.69. The number of nitrogens with zero attached hydrogens (tertiary/aromatic N) is 1. The monoisotopic (exact) mass is 268 g/mol. The molecule has 0 aromatic carbocycles. The zero-order chi connectivity index (χ0) is 14.1. The quantitative estimate of drug-likeness (QED) is 0.668. The van der Waals surface area contributed by atoms with Crippen LogP contribution in [0.25, 0.3) is 0 Å².